The first-order valence-electron chi connectivity index (χ1n) is 5.48. The zero-order valence-corrected chi connectivity index (χ0v) is 10.6. The maximum Gasteiger partial charge on any atom is 0.136 e. The fraction of sp³-hybridized carbons (Fsp3) is 0.143. The zero-order valence-electron chi connectivity index (χ0n) is 9.81. The molecule has 0 aromatic heterocycles. The van der Waals surface area contributed by atoms with Gasteiger partial charge in [-0.2, -0.15) is 0 Å². The summed E-state index contributed by atoms with van der Waals surface area (Å²) in [6, 6.07) is 7.51. The Hall–Kier alpha value is -1.45. The minimum Gasteiger partial charge on any atom is -0.326 e. The summed E-state index contributed by atoms with van der Waals surface area (Å²) in [5.74, 6) is -1.19. The molecule has 0 radical (unpaired) electrons. The quantitative estimate of drug-likeness (QED) is 0.873. The molecular weight excluding hydrogens is 256 g/mol. The van der Waals surface area contributed by atoms with Gasteiger partial charge in [0, 0.05) is 11.6 Å². The summed E-state index contributed by atoms with van der Waals surface area (Å²) in [7, 11) is 0. The Morgan fingerprint density at radius 3 is 2.56 bits per heavy atom. The molecule has 0 aliphatic carbocycles. The highest BCUT2D eigenvalue weighted by atomic mass is 35.5. The van der Waals surface area contributed by atoms with Gasteiger partial charge in [-0.05, 0) is 41.8 Å². The molecule has 0 heterocycles. The average molecular weight is 268 g/mol. The summed E-state index contributed by atoms with van der Waals surface area (Å²) >= 11 is 5.88. The molecule has 0 saturated heterocycles. The van der Waals surface area contributed by atoms with Gasteiger partial charge in [-0.25, -0.2) is 8.78 Å². The van der Waals surface area contributed by atoms with Gasteiger partial charge in [-0.15, -0.1) is 0 Å². The standard InChI is InChI=1S/C14H12ClF2N/c1-8-2-5-12(16)13(14(8)17)11-6-10(15)4-3-9(11)7-18/h2-6H,7,18H2,1H3. The molecule has 0 aliphatic heterocycles. The molecule has 0 atom stereocenters. The van der Waals surface area contributed by atoms with E-state index in [1.165, 1.54) is 18.2 Å². The van der Waals surface area contributed by atoms with E-state index in [0.717, 1.165) is 0 Å². The van der Waals surface area contributed by atoms with Gasteiger partial charge < -0.3 is 5.73 Å². The minimum atomic E-state index is -0.616. The summed E-state index contributed by atoms with van der Waals surface area (Å²) in [4.78, 5) is 0. The van der Waals surface area contributed by atoms with Crippen molar-refractivity contribution in [3.63, 3.8) is 0 Å². The van der Waals surface area contributed by atoms with Crippen molar-refractivity contribution < 1.29 is 8.78 Å². The fourth-order valence-electron chi connectivity index (χ4n) is 1.86. The van der Waals surface area contributed by atoms with Gasteiger partial charge in [0.05, 0.1) is 5.56 Å². The van der Waals surface area contributed by atoms with Crippen molar-refractivity contribution in [1.82, 2.24) is 0 Å². The molecule has 0 spiro atoms. The third-order valence-electron chi connectivity index (χ3n) is 2.85. The van der Waals surface area contributed by atoms with Crippen LogP contribution >= 0.6 is 11.6 Å². The number of aryl methyl sites for hydroxylation is 1. The lowest BCUT2D eigenvalue weighted by molar-refractivity contribution is 0.583. The first-order valence-corrected chi connectivity index (χ1v) is 5.86. The molecule has 2 aromatic rings. The summed E-state index contributed by atoms with van der Waals surface area (Å²) in [5.41, 5.74) is 6.96. The fourth-order valence-corrected chi connectivity index (χ4v) is 2.04. The van der Waals surface area contributed by atoms with Crippen LogP contribution in [0, 0.1) is 18.6 Å². The van der Waals surface area contributed by atoms with Crippen molar-refractivity contribution in [3.8, 4) is 11.1 Å². The second-order valence-corrected chi connectivity index (χ2v) is 4.50. The first-order chi connectivity index (χ1) is 8.54. The van der Waals surface area contributed by atoms with Gasteiger partial charge in [0.15, 0.2) is 0 Å². The van der Waals surface area contributed by atoms with Crippen LogP contribution in [0.3, 0.4) is 0 Å². The van der Waals surface area contributed by atoms with Crippen LogP contribution in [0.15, 0.2) is 30.3 Å². The SMILES string of the molecule is Cc1ccc(F)c(-c2cc(Cl)ccc2CN)c1F. The molecule has 0 fully saturated rings. The van der Waals surface area contributed by atoms with Crippen molar-refractivity contribution in [2.45, 2.75) is 13.5 Å². The highest BCUT2D eigenvalue weighted by Gasteiger charge is 2.16. The van der Waals surface area contributed by atoms with Crippen LogP contribution in [0.1, 0.15) is 11.1 Å². The van der Waals surface area contributed by atoms with Crippen LogP contribution in [0.4, 0.5) is 8.78 Å². The van der Waals surface area contributed by atoms with Crippen molar-refractivity contribution in [1.29, 1.82) is 0 Å². The van der Waals surface area contributed by atoms with Crippen LogP contribution < -0.4 is 5.73 Å². The van der Waals surface area contributed by atoms with Gasteiger partial charge in [0.25, 0.3) is 0 Å². The van der Waals surface area contributed by atoms with Crippen LogP contribution in [0.5, 0.6) is 0 Å². The molecule has 18 heavy (non-hydrogen) atoms. The second kappa shape index (κ2) is 5.04. The lowest BCUT2D eigenvalue weighted by Gasteiger charge is -2.12. The van der Waals surface area contributed by atoms with Crippen molar-refractivity contribution in [2.24, 2.45) is 5.73 Å². The number of rotatable bonds is 2. The third kappa shape index (κ3) is 2.24. The molecule has 0 unspecified atom stereocenters. The summed E-state index contributed by atoms with van der Waals surface area (Å²) in [6.07, 6.45) is 0. The zero-order chi connectivity index (χ0) is 13.3. The Kier molecular flexibility index (Phi) is 3.64. The third-order valence-corrected chi connectivity index (χ3v) is 3.08. The van der Waals surface area contributed by atoms with E-state index in [-0.39, 0.29) is 12.1 Å². The van der Waals surface area contributed by atoms with Gasteiger partial charge >= 0.3 is 0 Å². The maximum atomic E-state index is 14.1. The molecule has 0 saturated carbocycles. The first kappa shape index (κ1) is 13.0. The molecule has 4 heteroatoms. The van der Waals surface area contributed by atoms with Crippen molar-refractivity contribution in [2.75, 3.05) is 0 Å². The Morgan fingerprint density at radius 1 is 1.17 bits per heavy atom. The summed E-state index contributed by atoms with van der Waals surface area (Å²) in [6.45, 7) is 1.78. The summed E-state index contributed by atoms with van der Waals surface area (Å²) < 4.78 is 27.9. The van der Waals surface area contributed by atoms with Crippen LogP contribution in [-0.4, -0.2) is 0 Å². The van der Waals surface area contributed by atoms with E-state index < -0.39 is 11.6 Å². The molecule has 2 rings (SSSR count). The van der Waals surface area contributed by atoms with Crippen molar-refractivity contribution in [3.05, 3.63) is 58.1 Å². The van der Waals surface area contributed by atoms with Gasteiger partial charge in [-0.3, -0.25) is 0 Å². The van der Waals surface area contributed by atoms with Gasteiger partial charge in [-0.1, -0.05) is 23.7 Å². The lowest BCUT2D eigenvalue weighted by atomic mass is 9.97. The molecule has 0 bridgehead atoms. The van der Waals surface area contributed by atoms with E-state index >= 15 is 0 Å². The van der Waals surface area contributed by atoms with E-state index in [9.17, 15) is 8.78 Å². The Balaban J connectivity index is 2.76. The van der Waals surface area contributed by atoms with Crippen LogP contribution in [-0.2, 0) is 6.54 Å². The second-order valence-electron chi connectivity index (χ2n) is 4.06. The smallest absolute Gasteiger partial charge is 0.136 e. The van der Waals surface area contributed by atoms with E-state index in [1.54, 1.807) is 19.1 Å². The highest BCUT2D eigenvalue weighted by Crippen LogP contribution is 2.32. The minimum absolute atomic E-state index is 0.0713. The van der Waals surface area contributed by atoms with Crippen LogP contribution in [0.25, 0.3) is 11.1 Å². The Morgan fingerprint density at radius 2 is 1.89 bits per heavy atom. The number of hydrogen-bond acceptors (Lipinski definition) is 1. The molecule has 94 valence electrons. The molecule has 0 amide bonds. The summed E-state index contributed by atoms with van der Waals surface area (Å²) in [5, 5.41) is 0.419. The number of nitrogens with two attached hydrogens (primary N) is 1. The molecular formula is C14H12ClF2N. The molecule has 1 nitrogen and oxygen atoms in total. The molecule has 0 aliphatic rings. The lowest BCUT2D eigenvalue weighted by Crippen LogP contribution is -2.02. The predicted molar refractivity (Wildman–Crippen MR) is 69.4 cm³/mol. The highest BCUT2D eigenvalue weighted by molar-refractivity contribution is 6.30. The number of hydrogen-bond donors (Lipinski definition) is 1. The van der Waals surface area contributed by atoms with E-state index in [2.05, 4.69) is 0 Å². The number of benzene rings is 2. The average Bonchev–Trinajstić information content (AvgIpc) is 2.35. The van der Waals surface area contributed by atoms with Crippen LogP contribution in [0.2, 0.25) is 5.02 Å². The number of halogens is 3. The van der Waals surface area contributed by atoms with Gasteiger partial charge in [0.1, 0.15) is 11.6 Å². The maximum absolute atomic E-state index is 14.1. The van der Waals surface area contributed by atoms with Crippen molar-refractivity contribution >= 4 is 11.6 Å². The largest absolute Gasteiger partial charge is 0.326 e. The Labute approximate surface area is 109 Å². The molecule has 2 aromatic carbocycles. The van der Waals surface area contributed by atoms with E-state index in [1.807, 2.05) is 0 Å². The van der Waals surface area contributed by atoms with E-state index in [4.69, 9.17) is 17.3 Å². The predicted octanol–water partition coefficient (Wildman–Crippen LogP) is 4.05. The monoisotopic (exact) mass is 267 g/mol. The normalized spacial score (nSPS) is 10.7. The molecule has 2 N–H and O–H groups in total. The van der Waals surface area contributed by atoms with E-state index in [0.29, 0.717) is 21.7 Å². The van der Waals surface area contributed by atoms with Gasteiger partial charge in [0.2, 0.25) is 0 Å². The Bertz CT molecular complexity index is 597. The topological polar surface area (TPSA) is 26.0 Å².